The van der Waals surface area contributed by atoms with Gasteiger partial charge in [-0.2, -0.15) is 0 Å². The van der Waals surface area contributed by atoms with Crippen molar-refractivity contribution in [3.05, 3.63) is 0 Å². The van der Waals surface area contributed by atoms with E-state index in [1.54, 1.807) is 0 Å². The Morgan fingerprint density at radius 2 is 2.00 bits per heavy atom. The quantitative estimate of drug-likeness (QED) is 0.773. The number of amides is 1. The molecule has 0 aromatic rings. The van der Waals surface area contributed by atoms with Crippen molar-refractivity contribution >= 4 is 5.91 Å². The average Bonchev–Trinajstić information content (AvgIpc) is 2.33. The van der Waals surface area contributed by atoms with Gasteiger partial charge >= 0.3 is 0 Å². The van der Waals surface area contributed by atoms with E-state index in [0.717, 1.165) is 25.9 Å². The largest absolute Gasteiger partial charge is 0.351 e. The van der Waals surface area contributed by atoms with Gasteiger partial charge in [-0.3, -0.25) is 4.79 Å². The van der Waals surface area contributed by atoms with E-state index in [2.05, 4.69) is 24.5 Å². The molecule has 2 unspecified atom stereocenters. The Morgan fingerprint density at radius 1 is 1.29 bits per heavy atom. The van der Waals surface area contributed by atoms with E-state index in [0.29, 0.717) is 12.0 Å². The second kappa shape index (κ2) is 5.38. The van der Waals surface area contributed by atoms with E-state index in [9.17, 15) is 4.79 Å². The Morgan fingerprint density at radius 3 is 2.65 bits per heavy atom. The monoisotopic (exact) mass is 238 g/mol. The molecular formula is C14H26N2O. The van der Waals surface area contributed by atoms with E-state index in [1.807, 2.05) is 0 Å². The van der Waals surface area contributed by atoms with Gasteiger partial charge in [0.05, 0.1) is 0 Å². The van der Waals surface area contributed by atoms with Crippen LogP contribution in [0.1, 0.15) is 52.4 Å². The number of hydrogen-bond donors (Lipinski definition) is 2. The van der Waals surface area contributed by atoms with E-state index in [-0.39, 0.29) is 11.3 Å². The summed E-state index contributed by atoms with van der Waals surface area (Å²) < 4.78 is 0. The smallest absolute Gasteiger partial charge is 0.226 e. The predicted molar refractivity (Wildman–Crippen MR) is 69.8 cm³/mol. The molecule has 1 aliphatic heterocycles. The fourth-order valence-electron chi connectivity index (χ4n) is 3.08. The lowest BCUT2D eigenvalue weighted by molar-refractivity contribution is -0.133. The minimum absolute atomic E-state index is 0.102. The van der Waals surface area contributed by atoms with Gasteiger partial charge in [0.1, 0.15) is 0 Å². The summed E-state index contributed by atoms with van der Waals surface area (Å²) in [5.74, 6) is 0.894. The predicted octanol–water partition coefficient (Wildman–Crippen LogP) is 2.07. The van der Waals surface area contributed by atoms with E-state index < -0.39 is 0 Å². The highest BCUT2D eigenvalue weighted by molar-refractivity contribution is 5.82. The summed E-state index contributed by atoms with van der Waals surface area (Å²) >= 11 is 0. The zero-order chi connectivity index (χ0) is 12.3. The van der Waals surface area contributed by atoms with Crippen molar-refractivity contribution in [2.45, 2.75) is 58.4 Å². The van der Waals surface area contributed by atoms with E-state index in [4.69, 9.17) is 0 Å². The highest BCUT2D eigenvalue weighted by Gasteiger charge is 2.36. The van der Waals surface area contributed by atoms with Gasteiger partial charge < -0.3 is 10.6 Å². The molecule has 0 aromatic carbocycles. The van der Waals surface area contributed by atoms with Crippen LogP contribution in [0.2, 0.25) is 0 Å². The lowest BCUT2D eigenvalue weighted by Crippen LogP contribution is -2.53. The van der Waals surface area contributed by atoms with Crippen LogP contribution >= 0.6 is 0 Å². The molecule has 3 heteroatoms. The van der Waals surface area contributed by atoms with Gasteiger partial charge in [-0.15, -0.1) is 0 Å². The van der Waals surface area contributed by atoms with E-state index in [1.165, 1.54) is 25.7 Å². The average molecular weight is 238 g/mol. The first-order valence-corrected chi connectivity index (χ1v) is 7.13. The molecular weight excluding hydrogens is 212 g/mol. The van der Waals surface area contributed by atoms with Crippen LogP contribution in [0.3, 0.4) is 0 Å². The molecule has 17 heavy (non-hydrogen) atoms. The van der Waals surface area contributed by atoms with Gasteiger partial charge in [-0.05, 0) is 31.7 Å². The molecule has 0 aromatic heterocycles. The maximum atomic E-state index is 12.4. The fourth-order valence-corrected chi connectivity index (χ4v) is 3.08. The van der Waals surface area contributed by atoms with Crippen molar-refractivity contribution in [3.8, 4) is 0 Å². The Labute approximate surface area is 105 Å². The van der Waals surface area contributed by atoms with Gasteiger partial charge in [0.2, 0.25) is 5.91 Å². The van der Waals surface area contributed by atoms with Gasteiger partial charge in [-0.25, -0.2) is 0 Å². The maximum Gasteiger partial charge on any atom is 0.226 e. The highest BCUT2D eigenvalue weighted by atomic mass is 16.2. The lowest BCUT2D eigenvalue weighted by Gasteiger charge is -2.36. The van der Waals surface area contributed by atoms with Gasteiger partial charge in [0, 0.05) is 18.0 Å². The third-order valence-electron chi connectivity index (χ3n) is 4.65. The number of carbonyl (C=O) groups excluding carboxylic acids is 1. The lowest BCUT2D eigenvalue weighted by atomic mass is 9.74. The Bertz CT molecular complexity index is 271. The molecule has 1 amide bonds. The summed E-state index contributed by atoms with van der Waals surface area (Å²) in [5, 5.41) is 6.65. The Kier molecular flexibility index (Phi) is 4.08. The SMILES string of the molecule is CC1CCNCC1NC(=O)C1(C)CCCCC1. The fraction of sp³-hybridized carbons (Fsp3) is 0.929. The maximum absolute atomic E-state index is 12.4. The zero-order valence-electron chi connectivity index (χ0n) is 11.2. The van der Waals surface area contributed by atoms with Crippen LogP contribution in [0.5, 0.6) is 0 Å². The number of nitrogens with one attached hydrogen (secondary N) is 2. The summed E-state index contributed by atoms with van der Waals surface area (Å²) in [6.07, 6.45) is 7.01. The summed E-state index contributed by atoms with van der Waals surface area (Å²) in [6, 6.07) is 0.329. The van der Waals surface area contributed by atoms with Crippen LogP contribution in [0.4, 0.5) is 0 Å². The molecule has 2 atom stereocenters. The first-order chi connectivity index (χ1) is 8.12. The van der Waals surface area contributed by atoms with Crippen molar-refractivity contribution in [3.63, 3.8) is 0 Å². The summed E-state index contributed by atoms with van der Waals surface area (Å²) in [6.45, 7) is 6.41. The number of carbonyl (C=O) groups is 1. The number of rotatable bonds is 2. The molecule has 1 heterocycles. The molecule has 1 aliphatic carbocycles. The topological polar surface area (TPSA) is 41.1 Å². The summed E-state index contributed by atoms with van der Waals surface area (Å²) in [4.78, 5) is 12.4. The molecule has 2 fully saturated rings. The summed E-state index contributed by atoms with van der Waals surface area (Å²) in [7, 11) is 0. The second-order valence-corrected chi connectivity index (χ2v) is 6.17. The van der Waals surface area contributed by atoms with Crippen molar-refractivity contribution < 1.29 is 4.79 Å². The molecule has 0 radical (unpaired) electrons. The third kappa shape index (κ3) is 3.01. The number of piperidine rings is 1. The van der Waals surface area contributed by atoms with Crippen molar-refractivity contribution in [2.75, 3.05) is 13.1 Å². The van der Waals surface area contributed by atoms with Gasteiger partial charge in [0.15, 0.2) is 0 Å². The normalized spacial score (nSPS) is 33.1. The second-order valence-electron chi connectivity index (χ2n) is 6.17. The minimum atomic E-state index is -0.102. The van der Waals surface area contributed by atoms with Crippen LogP contribution in [0.25, 0.3) is 0 Å². The van der Waals surface area contributed by atoms with Crippen molar-refractivity contribution in [1.82, 2.24) is 10.6 Å². The Hall–Kier alpha value is -0.570. The van der Waals surface area contributed by atoms with Crippen LogP contribution < -0.4 is 10.6 Å². The first-order valence-electron chi connectivity index (χ1n) is 7.13. The number of hydrogen-bond acceptors (Lipinski definition) is 2. The molecule has 3 nitrogen and oxygen atoms in total. The first kappa shape index (κ1) is 12.9. The van der Waals surface area contributed by atoms with E-state index >= 15 is 0 Å². The van der Waals surface area contributed by atoms with Gasteiger partial charge in [-0.1, -0.05) is 33.1 Å². The highest BCUT2D eigenvalue weighted by Crippen LogP contribution is 2.36. The molecule has 0 spiro atoms. The van der Waals surface area contributed by atoms with Crippen LogP contribution in [0, 0.1) is 11.3 Å². The molecule has 2 N–H and O–H groups in total. The van der Waals surface area contributed by atoms with Crippen molar-refractivity contribution in [1.29, 1.82) is 0 Å². The molecule has 1 saturated carbocycles. The molecule has 0 bridgehead atoms. The molecule has 1 saturated heterocycles. The van der Waals surface area contributed by atoms with Crippen LogP contribution in [0.15, 0.2) is 0 Å². The van der Waals surface area contributed by atoms with Crippen LogP contribution in [-0.2, 0) is 4.79 Å². The van der Waals surface area contributed by atoms with Gasteiger partial charge in [0.25, 0.3) is 0 Å². The summed E-state index contributed by atoms with van der Waals surface area (Å²) in [5.41, 5.74) is -0.102. The Balaban J connectivity index is 1.90. The van der Waals surface area contributed by atoms with Crippen molar-refractivity contribution in [2.24, 2.45) is 11.3 Å². The standard InChI is InChI=1S/C14H26N2O/c1-11-6-9-15-10-12(11)16-13(17)14(2)7-4-3-5-8-14/h11-12,15H,3-10H2,1-2H3,(H,16,17). The third-order valence-corrected chi connectivity index (χ3v) is 4.65. The molecule has 98 valence electrons. The minimum Gasteiger partial charge on any atom is -0.351 e. The molecule has 2 aliphatic rings. The molecule has 2 rings (SSSR count). The zero-order valence-corrected chi connectivity index (χ0v) is 11.2. The van der Waals surface area contributed by atoms with Crippen LogP contribution in [-0.4, -0.2) is 25.0 Å².